The maximum absolute atomic E-state index is 12.9. The van der Waals surface area contributed by atoms with Crippen LogP contribution in [-0.4, -0.2) is 75.1 Å². The average Bonchev–Trinajstić information content (AvgIpc) is 3.16. The number of ether oxygens (including phenoxy) is 5. The van der Waals surface area contributed by atoms with E-state index in [4.69, 9.17) is 42.1 Å². The monoisotopic (exact) mass is 808 g/mol. The second kappa shape index (κ2) is 21.4. The molecule has 0 amide bonds. The molecule has 5 aromatic rings. The Morgan fingerprint density at radius 3 is 1.84 bits per heavy atom. The zero-order valence-electron chi connectivity index (χ0n) is 30.0. The molecule has 55 heavy (non-hydrogen) atoms. The van der Waals surface area contributed by atoms with E-state index < -0.39 is 12.7 Å². The molecule has 0 radical (unpaired) electrons. The Morgan fingerprint density at radius 1 is 0.818 bits per heavy atom. The van der Waals surface area contributed by atoms with Crippen LogP contribution >= 0.6 is 23.2 Å². The second-order valence-corrected chi connectivity index (χ2v) is 11.7. The van der Waals surface area contributed by atoms with Crippen molar-refractivity contribution in [2.75, 3.05) is 47.4 Å². The van der Waals surface area contributed by atoms with Crippen molar-refractivity contribution in [3.8, 4) is 34.1 Å². The molecule has 0 unspecified atom stereocenters. The highest BCUT2D eigenvalue weighted by atomic mass is 35.5. The summed E-state index contributed by atoms with van der Waals surface area (Å²) >= 11 is 11.5. The fourth-order valence-electron chi connectivity index (χ4n) is 4.82. The number of esters is 1. The first-order valence-corrected chi connectivity index (χ1v) is 16.6. The first kappa shape index (κ1) is 45.6. The van der Waals surface area contributed by atoms with Crippen molar-refractivity contribution in [2.24, 2.45) is 0 Å². The molecule has 0 saturated heterocycles. The van der Waals surface area contributed by atoms with Crippen LogP contribution in [0.25, 0.3) is 22.0 Å². The van der Waals surface area contributed by atoms with E-state index in [-0.39, 0.29) is 41.8 Å². The minimum atomic E-state index is -4.35. The van der Waals surface area contributed by atoms with Crippen LogP contribution in [0.5, 0.6) is 23.0 Å². The number of alkyl halides is 3. The number of aldehydes is 1. The third-order valence-corrected chi connectivity index (χ3v) is 7.83. The van der Waals surface area contributed by atoms with E-state index in [9.17, 15) is 27.6 Å². The first-order chi connectivity index (χ1) is 25.7. The molecule has 12 nitrogen and oxygen atoms in total. The summed E-state index contributed by atoms with van der Waals surface area (Å²) in [7, 11) is 7.65. The molecule has 0 atom stereocenters. The summed E-state index contributed by atoms with van der Waals surface area (Å²) in [6.45, 7) is 1.23. The van der Waals surface area contributed by atoms with Crippen molar-refractivity contribution in [1.29, 1.82) is 0 Å². The summed E-state index contributed by atoms with van der Waals surface area (Å²) in [6, 6.07) is 15.4. The minimum Gasteiger partial charge on any atom is -0.497 e. The maximum Gasteiger partial charge on any atom is 0.405 e. The zero-order chi connectivity index (χ0) is 40.0. The lowest BCUT2D eigenvalue weighted by Gasteiger charge is -2.13. The molecule has 3 aromatic heterocycles. The van der Waals surface area contributed by atoms with Gasteiger partial charge in [0.25, 0.3) is 5.56 Å². The van der Waals surface area contributed by atoms with Gasteiger partial charge < -0.3 is 33.6 Å². The molecule has 0 spiro atoms. The van der Waals surface area contributed by atoms with E-state index in [1.165, 1.54) is 7.11 Å². The van der Waals surface area contributed by atoms with Gasteiger partial charge in [0.1, 0.15) is 39.8 Å². The van der Waals surface area contributed by atoms with Crippen molar-refractivity contribution in [3.63, 3.8) is 0 Å². The average molecular weight is 810 g/mol. The van der Waals surface area contributed by atoms with Crippen LogP contribution in [0.15, 0.2) is 71.8 Å². The Balaban J connectivity index is 0.000000297. The lowest BCUT2D eigenvalue weighted by Crippen LogP contribution is -2.21. The molecule has 0 aliphatic carbocycles. The molecule has 17 heteroatoms. The van der Waals surface area contributed by atoms with E-state index in [2.05, 4.69) is 20.0 Å². The number of halogens is 5. The quantitative estimate of drug-likeness (QED) is 0.0783. The van der Waals surface area contributed by atoms with E-state index in [1.54, 1.807) is 69.5 Å². The molecule has 0 aliphatic rings. The van der Waals surface area contributed by atoms with E-state index in [0.29, 0.717) is 46.5 Å². The van der Waals surface area contributed by atoms with Gasteiger partial charge in [0.15, 0.2) is 6.29 Å². The fraction of sp³-hybridized carbons (Fsp3) is 0.289. The number of aromatic nitrogens is 3. The highest BCUT2D eigenvalue weighted by molar-refractivity contribution is 6.30. The van der Waals surface area contributed by atoms with Gasteiger partial charge in [0.2, 0.25) is 0 Å². The summed E-state index contributed by atoms with van der Waals surface area (Å²) in [5.74, 6) is 2.29. The lowest BCUT2D eigenvalue weighted by molar-refractivity contribution is -0.139. The van der Waals surface area contributed by atoms with Gasteiger partial charge in [-0.15, -0.1) is 0 Å². The van der Waals surface area contributed by atoms with Crippen LogP contribution in [0.1, 0.15) is 30.3 Å². The number of carbonyl (C=O) groups is 2. The first-order valence-electron chi connectivity index (χ1n) is 15.8. The van der Waals surface area contributed by atoms with E-state index in [0.717, 1.165) is 34.3 Å². The highest BCUT2D eigenvalue weighted by Crippen LogP contribution is 2.30. The molecular weight excluding hydrogens is 768 g/mol. The van der Waals surface area contributed by atoms with Gasteiger partial charge >= 0.3 is 12.1 Å². The number of pyridine rings is 3. The van der Waals surface area contributed by atoms with Crippen molar-refractivity contribution in [1.82, 2.24) is 14.5 Å². The number of anilines is 1. The smallest absolute Gasteiger partial charge is 0.405 e. The molecule has 3 heterocycles. The van der Waals surface area contributed by atoms with Crippen molar-refractivity contribution < 1.29 is 46.4 Å². The second-order valence-electron chi connectivity index (χ2n) is 10.9. The molecule has 2 aromatic carbocycles. The number of aryl methyl sites for hydroxylation is 1. The van der Waals surface area contributed by atoms with Crippen LogP contribution in [0.3, 0.4) is 0 Å². The van der Waals surface area contributed by atoms with Crippen molar-refractivity contribution >= 4 is 52.0 Å². The SMILES string of the molecule is C.CCn1c(=O)c(-c2cc(OC)cc(OC)c2)cc2cnc(Cl)cc21.COC(=O)Cc1cc(OC)cc(OC)c1.O=Cc1cnc(Cl)cc1NCC(F)(F)F. The molecule has 296 valence electrons. The summed E-state index contributed by atoms with van der Waals surface area (Å²) in [5, 5.41) is 3.29. The predicted octanol–water partition coefficient (Wildman–Crippen LogP) is 8.33. The van der Waals surface area contributed by atoms with Crippen LogP contribution < -0.4 is 29.8 Å². The van der Waals surface area contributed by atoms with E-state index in [1.807, 2.05) is 25.1 Å². The van der Waals surface area contributed by atoms with Crippen LogP contribution in [0, 0.1) is 0 Å². The number of nitrogens with zero attached hydrogens (tertiary/aromatic N) is 3. The number of rotatable bonds is 11. The third-order valence-electron chi connectivity index (χ3n) is 7.42. The van der Waals surface area contributed by atoms with Gasteiger partial charge in [0.05, 0.1) is 53.0 Å². The fourth-order valence-corrected chi connectivity index (χ4v) is 5.13. The van der Waals surface area contributed by atoms with Gasteiger partial charge in [-0.3, -0.25) is 14.4 Å². The standard InChI is InChI=1S/C18H17ClN2O3.C11H14O4.C8H6ClF3N2O.CH4/c1-4-21-16-9-17(19)20-10-12(16)7-15(18(21)22)11-5-13(23-2)8-14(6-11)24-3;1-13-9-4-8(6-11(12)15-3)5-10(7-9)14-2;9-7-1-6(5(3-15)2-13-7)14-4-8(10,11)12;/h5-10H,4H2,1-3H3;4-5,7H,6H2,1-3H3;1-3H,4H2,(H,13,14);1H4. The maximum atomic E-state index is 12.9. The minimum absolute atomic E-state index is 0. The molecule has 5 rings (SSSR count). The van der Waals surface area contributed by atoms with Crippen LogP contribution in [-0.2, 0) is 22.5 Å². The number of nitrogens with one attached hydrogen (secondary N) is 1. The lowest BCUT2D eigenvalue weighted by atomic mass is 10.0. The molecule has 0 saturated carbocycles. The van der Waals surface area contributed by atoms with Crippen molar-refractivity contribution in [3.05, 3.63) is 98.8 Å². The predicted molar refractivity (Wildman–Crippen MR) is 206 cm³/mol. The molecule has 0 fully saturated rings. The molecular formula is C38H41Cl2F3N4O8. The highest BCUT2D eigenvalue weighted by Gasteiger charge is 2.27. The third kappa shape index (κ3) is 13.4. The molecule has 0 bridgehead atoms. The number of carbonyl (C=O) groups excluding carboxylic acids is 2. The van der Waals surface area contributed by atoms with Gasteiger partial charge in [-0.2, -0.15) is 13.2 Å². The van der Waals surface area contributed by atoms with Crippen LogP contribution in [0.2, 0.25) is 10.3 Å². The Kier molecular flexibility index (Phi) is 17.7. The zero-order valence-corrected chi connectivity index (χ0v) is 31.6. The number of hydrogen-bond acceptors (Lipinski definition) is 11. The Morgan fingerprint density at radius 2 is 1.35 bits per heavy atom. The van der Waals surface area contributed by atoms with Gasteiger partial charge in [-0.1, -0.05) is 30.6 Å². The normalized spacial score (nSPS) is 10.4. The molecule has 1 N–H and O–H groups in total. The summed E-state index contributed by atoms with van der Waals surface area (Å²) in [5.41, 5.74) is 2.81. The number of benzene rings is 2. The summed E-state index contributed by atoms with van der Waals surface area (Å²) in [4.78, 5) is 42.2. The van der Waals surface area contributed by atoms with E-state index >= 15 is 0 Å². The summed E-state index contributed by atoms with van der Waals surface area (Å²) < 4.78 is 62.7. The molecule has 0 aliphatic heterocycles. The van der Waals surface area contributed by atoms with Gasteiger partial charge in [0, 0.05) is 47.7 Å². The Hall–Kier alpha value is -5.54. The Labute approximate surface area is 326 Å². The largest absolute Gasteiger partial charge is 0.497 e. The van der Waals surface area contributed by atoms with Gasteiger partial charge in [-0.05, 0) is 60.5 Å². The summed E-state index contributed by atoms with van der Waals surface area (Å²) in [6.07, 6.45) is -0.958. The number of hydrogen-bond donors (Lipinski definition) is 1. The topological polar surface area (TPSA) is 140 Å². The Bertz CT molecular complexity index is 2090. The van der Waals surface area contributed by atoms with Crippen molar-refractivity contribution in [2.45, 2.75) is 33.5 Å². The number of methoxy groups -OCH3 is 5. The number of fused-ring (bicyclic) bond motifs is 1. The van der Waals surface area contributed by atoms with Gasteiger partial charge in [-0.25, -0.2) is 9.97 Å². The van der Waals surface area contributed by atoms with Crippen LogP contribution in [0.4, 0.5) is 18.9 Å².